The molecule has 0 saturated heterocycles. The average Bonchev–Trinajstić information content (AvgIpc) is 3.10. The number of pyridine rings is 1. The summed E-state index contributed by atoms with van der Waals surface area (Å²) >= 11 is 0. The van der Waals surface area contributed by atoms with Crippen molar-refractivity contribution < 1.29 is 5.11 Å². The van der Waals surface area contributed by atoms with E-state index in [0.717, 1.165) is 30.3 Å². The maximum Gasteiger partial charge on any atom is 0.0717 e. The largest absolute Gasteiger partial charge is 0.392 e. The average molecular weight is 206 g/mol. The van der Waals surface area contributed by atoms with Gasteiger partial charge in [-0.15, -0.1) is 0 Å². The minimum absolute atomic E-state index is 0.0737. The molecular formula is C12H18N2O. The molecule has 15 heavy (non-hydrogen) atoms. The minimum Gasteiger partial charge on any atom is -0.392 e. The maximum absolute atomic E-state index is 9.25. The highest BCUT2D eigenvalue weighted by Crippen LogP contribution is 2.32. The standard InChI is InChI=1S/C12H18N2O/c1-2-14(8-10-3-4-10)12-5-6-13-7-11(12)9-15/h5-7,10,15H,2-4,8-9H2,1H3. The van der Waals surface area contributed by atoms with E-state index in [-0.39, 0.29) is 6.61 Å². The Labute approximate surface area is 90.8 Å². The van der Waals surface area contributed by atoms with Crippen molar-refractivity contribution in [3.8, 4) is 0 Å². The summed E-state index contributed by atoms with van der Waals surface area (Å²) in [5, 5.41) is 9.25. The summed E-state index contributed by atoms with van der Waals surface area (Å²) in [6.45, 7) is 4.34. The van der Waals surface area contributed by atoms with Crippen LogP contribution in [0.5, 0.6) is 0 Å². The van der Waals surface area contributed by atoms with Crippen molar-refractivity contribution in [1.82, 2.24) is 4.98 Å². The zero-order chi connectivity index (χ0) is 10.7. The lowest BCUT2D eigenvalue weighted by Gasteiger charge is -2.24. The Morgan fingerprint density at radius 1 is 1.53 bits per heavy atom. The molecule has 1 N–H and O–H groups in total. The van der Waals surface area contributed by atoms with Gasteiger partial charge >= 0.3 is 0 Å². The van der Waals surface area contributed by atoms with Gasteiger partial charge in [0.15, 0.2) is 0 Å². The van der Waals surface area contributed by atoms with Crippen LogP contribution in [0.25, 0.3) is 0 Å². The maximum atomic E-state index is 9.25. The highest BCUT2D eigenvalue weighted by molar-refractivity contribution is 5.52. The first-order chi connectivity index (χ1) is 7.35. The summed E-state index contributed by atoms with van der Waals surface area (Å²) in [7, 11) is 0. The van der Waals surface area contributed by atoms with Crippen LogP contribution in [0.3, 0.4) is 0 Å². The molecule has 0 bridgehead atoms. The minimum atomic E-state index is 0.0737. The Morgan fingerprint density at radius 3 is 2.93 bits per heavy atom. The molecular weight excluding hydrogens is 188 g/mol. The van der Waals surface area contributed by atoms with Crippen molar-refractivity contribution >= 4 is 5.69 Å². The lowest BCUT2D eigenvalue weighted by atomic mass is 10.2. The second-order valence-corrected chi connectivity index (χ2v) is 4.14. The third-order valence-electron chi connectivity index (χ3n) is 2.95. The van der Waals surface area contributed by atoms with Crippen LogP contribution in [-0.2, 0) is 6.61 Å². The molecule has 1 saturated carbocycles. The molecule has 3 nitrogen and oxygen atoms in total. The van der Waals surface area contributed by atoms with Gasteiger partial charge in [-0.1, -0.05) is 0 Å². The van der Waals surface area contributed by atoms with E-state index in [4.69, 9.17) is 0 Å². The van der Waals surface area contributed by atoms with Crippen LogP contribution in [0.4, 0.5) is 5.69 Å². The van der Waals surface area contributed by atoms with Crippen molar-refractivity contribution in [3.05, 3.63) is 24.0 Å². The summed E-state index contributed by atoms with van der Waals surface area (Å²) in [5.74, 6) is 0.865. The predicted molar refractivity (Wildman–Crippen MR) is 60.8 cm³/mol. The SMILES string of the molecule is CCN(CC1CC1)c1ccncc1CO. The highest BCUT2D eigenvalue weighted by Gasteiger charge is 2.24. The molecule has 0 atom stereocenters. The fraction of sp³-hybridized carbons (Fsp3) is 0.583. The van der Waals surface area contributed by atoms with E-state index >= 15 is 0 Å². The Bertz CT molecular complexity index is 323. The van der Waals surface area contributed by atoms with Crippen LogP contribution in [0.2, 0.25) is 0 Å². The summed E-state index contributed by atoms with van der Waals surface area (Å²) in [6.07, 6.45) is 6.26. The number of nitrogens with zero attached hydrogens (tertiary/aromatic N) is 2. The fourth-order valence-electron chi connectivity index (χ4n) is 1.86. The third-order valence-corrected chi connectivity index (χ3v) is 2.95. The van der Waals surface area contributed by atoms with E-state index in [2.05, 4.69) is 16.8 Å². The van der Waals surface area contributed by atoms with Gasteiger partial charge in [-0.25, -0.2) is 0 Å². The number of hydrogen-bond donors (Lipinski definition) is 1. The molecule has 82 valence electrons. The van der Waals surface area contributed by atoms with Gasteiger partial charge in [0.2, 0.25) is 0 Å². The first kappa shape index (κ1) is 10.4. The quantitative estimate of drug-likeness (QED) is 0.798. The second kappa shape index (κ2) is 4.62. The summed E-state index contributed by atoms with van der Waals surface area (Å²) in [6, 6.07) is 2.00. The van der Waals surface area contributed by atoms with Gasteiger partial charge in [-0.05, 0) is 31.7 Å². The first-order valence-electron chi connectivity index (χ1n) is 5.63. The molecule has 1 aliphatic carbocycles. The van der Waals surface area contributed by atoms with Gasteiger partial charge in [0, 0.05) is 36.7 Å². The molecule has 0 radical (unpaired) electrons. The van der Waals surface area contributed by atoms with Crippen LogP contribution in [0, 0.1) is 5.92 Å². The zero-order valence-corrected chi connectivity index (χ0v) is 9.19. The molecule has 1 aromatic heterocycles. The van der Waals surface area contributed by atoms with Gasteiger partial charge < -0.3 is 10.0 Å². The first-order valence-corrected chi connectivity index (χ1v) is 5.63. The monoisotopic (exact) mass is 206 g/mol. The van der Waals surface area contributed by atoms with Crippen molar-refractivity contribution in [3.63, 3.8) is 0 Å². The number of rotatable bonds is 5. The van der Waals surface area contributed by atoms with Crippen LogP contribution < -0.4 is 4.90 Å². The van der Waals surface area contributed by atoms with E-state index in [1.54, 1.807) is 12.4 Å². The van der Waals surface area contributed by atoms with E-state index in [1.165, 1.54) is 12.8 Å². The number of aromatic nitrogens is 1. The Hall–Kier alpha value is -1.09. The summed E-state index contributed by atoms with van der Waals surface area (Å²) in [5.41, 5.74) is 2.07. The van der Waals surface area contributed by atoms with Gasteiger partial charge in [0.1, 0.15) is 0 Å². The fourth-order valence-corrected chi connectivity index (χ4v) is 1.86. The predicted octanol–water partition coefficient (Wildman–Crippen LogP) is 1.81. The summed E-state index contributed by atoms with van der Waals surface area (Å²) in [4.78, 5) is 6.38. The van der Waals surface area contributed by atoms with E-state index in [0.29, 0.717) is 0 Å². The summed E-state index contributed by atoms with van der Waals surface area (Å²) < 4.78 is 0. The Morgan fingerprint density at radius 2 is 2.33 bits per heavy atom. The smallest absolute Gasteiger partial charge is 0.0717 e. The zero-order valence-electron chi connectivity index (χ0n) is 9.19. The molecule has 1 aliphatic rings. The number of aliphatic hydroxyl groups excluding tert-OH is 1. The van der Waals surface area contributed by atoms with Crippen molar-refractivity contribution in [1.29, 1.82) is 0 Å². The lowest BCUT2D eigenvalue weighted by molar-refractivity contribution is 0.281. The molecule has 1 fully saturated rings. The molecule has 1 aromatic rings. The van der Waals surface area contributed by atoms with Crippen molar-refractivity contribution in [2.45, 2.75) is 26.4 Å². The third kappa shape index (κ3) is 2.48. The van der Waals surface area contributed by atoms with Gasteiger partial charge in [-0.2, -0.15) is 0 Å². The van der Waals surface area contributed by atoms with E-state index in [9.17, 15) is 5.11 Å². The molecule has 2 rings (SSSR count). The van der Waals surface area contributed by atoms with E-state index < -0.39 is 0 Å². The van der Waals surface area contributed by atoms with Crippen LogP contribution in [0.15, 0.2) is 18.5 Å². The van der Waals surface area contributed by atoms with Crippen LogP contribution >= 0.6 is 0 Å². The second-order valence-electron chi connectivity index (χ2n) is 4.14. The molecule has 1 heterocycles. The number of aliphatic hydroxyl groups is 1. The molecule has 0 aliphatic heterocycles. The number of hydrogen-bond acceptors (Lipinski definition) is 3. The van der Waals surface area contributed by atoms with Crippen LogP contribution in [-0.4, -0.2) is 23.2 Å². The van der Waals surface area contributed by atoms with Gasteiger partial charge in [-0.3, -0.25) is 4.98 Å². The van der Waals surface area contributed by atoms with Crippen molar-refractivity contribution in [2.75, 3.05) is 18.0 Å². The Kier molecular flexibility index (Phi) is 3.21. The van der Waals surface area contributed by atoms with Gasteiger partial charge in [0.25, 0.3) is 0 Å². The topological polar surface area (TPSA) is 36.4 Å². The molecule has 3 heteroatoms. The molecule has 0 amide bonds. The Balaban J connectivity index is 2.15. The van der Waals surface area contributed by atoms with E-state index in [1.807, 2.05) is 6.07 Å². The van der Waals surface area contributed by atoms with Crippen molar-refractivity contribution in [2.24, 2.45) is 5.92 Å². The molecule has 0 aromatic carbocycles. The van der Waals surface area contributed by atoms with Crippen LogP contribution in [0.1, 0.15) is 25.3 Å². The van der Waals surface area contributed by atoms with Gasteiger partial charge in [0.05, 0.1) is 6.61 Å². The molecule has 0 spiro atoms. The molecule has 0 unspecified atom stereocenters. The normalized spacial score (nSPS) is 15.3. The number of anilines is 1. The lowest BCUT2D eigenvalue weighted by Crippen LogP contribution is -2.26. The highest BCUT2D eigenvalue weighted by atomic mass is 16.3.